The Kier molecular flexibility index (Phi) is 6.32. The van der Waals surface area contributed by atoms with Gasteiger partial charge in [-0.2, -0.15) is 9.97 Å². The monoisotopic (exact) mass is 431 g/mol. The summed E-state index contributed by atoms with van der Waals surface area (Å²) in [6.45, 7) is 8.28. The third-order valence-electron chi connectivity index (χ3n) is 5.44. The minimum absolute atomic E-state index is 0.00106. The predicted molar refractivity (Wildman–Crippen MR) is 128 cm³/mol. The number of aliphatic hydroxyl groups excluding tert-OH is 1. The Morgan fingerprint density at radius 3 is 2.41 bits per heavy atom. The minimum atomic E-state index is -0.144. The molecule has 3 aromatic heterocycles. The van der Waals surface area contributed by atoms with E-state index in [2.05, 4.69) is 39.4 Å². The Labute approximate surface area is 187 Å². The number of benzene rings is 1. The lowest BCUT2D eigenvalue weighted by molar-refractivity contribution is 0.248. The molecule has 8 heteroatoms. The van der Waals surface area contributed by atoms with E-state index in [9.17, 15) is 5.11 Å². The number of fused-ring (bicyclic) bond motifs is 1. The van der Waals surface area contributed by atoms with E-state index in [4.69, 9.17) is 4.98 Å². The SMILES string of the molecule is CC(C)[C@H](CO)Nc1nc(Nc2ccc(-c3cccnc3)cc2)c2ncn(C(C)C)c2n1. The highest BCUT2D eigenvalue weighted by molar-refractivity contribution is 5.87. The van der Waals surface area contributed by atoms with Crippen LogP contribution in [-0.4, -0.2) is 42.3 Å². The van der Waals surface area contributed by atoms with Crippen molar-refractivity contribution < 1.29 is 5.11 Å². The van der Waals surface area contributed by atoms with Gasteiger partial charge in [0.25, 0.3) is 0 Å². The van der Waals surface area contributed by atoms with Gasteiger partial charge in [-0.25, -0.2) is 4.98 Å². The number of pyridine rings is 1. The molecular weight excluding hydrogens is 402 g/mol. The summed E-state index contributed by atoms with van der Waals surface area (Å²) in [5.74, 6) is 1.30. The first-order valence-corrected chi connectivity index (χ1v) is 10.9. The highest BCUT2D eigenvalue weighted by atomic mass is 16.3. The lowest BCUT2D eigenvalue weighted by Crippen LogP contribution is -2.30. The highest BCUT2D eigenvalue weighted by Crippen LogP contribution is 2.28. The molecule has 0 amide bonds. The lowest BCUT2D eigenvalue weighted by Gasteiger charge is -2.20. The Morgan fingerprint density at radius 2 is 1.78 bits per heavy atom. The molecule has 3 N–H and O–H groups in total. The number of hydrogen-bond donors (Lipinski definition) is 3. The predicted octanol–water partition coefficient (Wildman–Crippen LogP) is 4.64. The molecule has 0 aliphatic heterocycles. The molecule has 0 bridgehead atoms. The Morgan fingerprint density at radius 1 is 1.00 bits per heavy atom. The number of anilines is 3. The van der Waals surface area contributed by atoms with Gasteiger partial charge >= 0.3 is 0 Å². The summed E-state index contributed by atoms with van der Waals surface area (Å²) in [7, 11) is 0. The van der Waals surface area contributed by atoms with Crippen LogP contribution in [0.5, 0.6) is 0 Å². The first-order chi connectivity index (χ1) is 15.5. The topological polar surface area (TPSA) is 101 Å². The first-order valence-electron chi connectivity index (χ1n) is 10.9. The van der Waals surface area contributed by atoms with Crippen LogP contribution in [0.4, 0.5) is 17.5 Å². The summed E-state index contributed by atoms with van der Waals surface area (Å²) >= 11 is 0. The van der Waals surface area contributed by atoms with Crippen molar-refractivity contribution in [3.8, 4) is 11.1 Å². The van der Waals surface area contributed by atoms with E-state index in [0.717, 1.165) is 22.5 Å². The molecule has 4 aromatic rings. The van der Waals surface area contributed by atoms with Gasteiger partial charge in [0.05, 0.1) is 19.0 Å². The molecule has 8 nitrogen and oxygen atoms in total. The smallest absolute Gasteiger partial charge is 0.227 e. The van der Waals surface area contributed by atoms with Gasteiger partial charge in [0.1, 0.15) is 0 Å². The zero-order valence-electron chi connectivity index (χ0n) is 18.8. The molecule has 0 aliphatic carbocycles. The maximum Gasteiger partial charge on any atom is 0.227 e. The van der Waals surface area contributed by atoms with Gasteiger partial charge in [0, 0.05) is 24.1 Å². The summed E-state index contributed by atoms with van der Waals surface area (Å²) in [6.07, 6.45) is 5.40. The molecule has 0 unspecified atom stereocenters. The molecule has 0 spiro atoms. The molecule has 0 saturated carbocycles. The number of aliphatic hydroxyl groups is 1. The number of nitrogens with zero attached hydrogens (tertiary/aromatic N) is 5. The Balaban J connectivity index is 1.69. The van der Waals surface area contributed by atoms with Gasteiger partial charge in [-0.05, 0) is 49.1 Å². The molecule has 1 atom stereocenters. The van der Waals surface area contributed by atoms with Crippen molar-refractivity contribution >= 4 is 28.6 Å². The molecule has 0 fully saturated rings. The first kappa shape index (κ1) is 21.7. The Hall–Kier alpha value is -3.52. The average molecular weight is 432 g/mol. The summed E-state index contributed by atoms with van der Waals surface area (Å²) in [6, 6.07) is 12.1. The third-order valence-corrected chi connectivity index (χ3v) is 5.44. The second-order valence-electron chi connectivity index (χ2n) is 8.44. The summed E-state index contributed by atoms with van der Waals surface area (Å²) in [5, 5.41) is 16.4. The van der Waals surface area contributed by atoms with Crippen LogP contribution < -0.4 is 10.6 Å². The van der Waals surface area contributed by atoms with Crippen molar-refractivity contribution in [2.45, 2.75) is 39.8 Å². The van der Waals surface area contributed by atoms with E-state index < -0.39 is 0 Å². The fourth-order valence-electron chi connectivity index (χ4n) is 3.45. The van der Waals surface area contributed by atoms with Crippen LogP contribution in [-0.2, 0) is 0 Å². The highest BCUT2D eigenvalue weighted by Gasteiger charge is 2.18. The molecule has 3 heterocycles. The molecule has 0 radical (unpaired) electrons. The maximum atomic E-state index is 9.74. The molecule has 0 saturated heterocycles. The summed E-state index contributed by atoms with van der Waals surface area (Å²) in [4.78, 5) is 18.1. The molecule has 166 valence electrons. The number of aromatic nitrogens is 5. The maximum absolute atomic E-state index is 9.74. The average Bonchev–Trinajstić information content (AvgIpc) is 3.23. The second kappa shape index (κ2) is 9.32. The van der Waals surface area contributed by atoms with E-state index in [1.165, 1.54) is 0 Å². The van der Waals surface area contributed by atoms with Crippen molar-refractivity contribution in [3.63, 3.8) is 0 Å². The quantitative estimate of drug-likeness (QED) is 0.373. The van der Waals surface area contributed by atoms with E-state index in [1.807, 2.05) is 61.0 Å². The van der Waals surface area contributed by atoms with Crippen LogP contribution in [0, 0.1) is 5.92 Å². The van der Waals surface area contributed by atoms with Crippen LogP contribution in [0.15, 0.2) is 55.1 Å². The van der Waals surface area contributed by atoms with E-state index in [-0.39, 0.29) is 24.6 Å². The van der Waals surface area contributed by atoms with Crippen molar-refractivity contribution in [2.24, 2.45) is 5.92 Å². The van der Waals surface area contributed by atoms with Gasteiger partial charge in [-0.15, -0.1) is 0 Å². The zero-order chi connectivity index (χ0) is 22.7. The molecular formula is C24H29N7O. The standard InChI is InChI=1S/C24H29N7O/c1-15(2)20(13-32)28-24-29-22(21-23(30-24)31(14-26-21)16(3)4)27-19-9-7-17(8-10-19)18-6-5-11-25-12-18/h5-12,14-16,20,32H,13H2,1-4H3,(H2,27,28,29,30)/t20-/m0/s1. The minimum Gasteiger partial charge on any atom is -0.394 e. The van der Waals surface area contributed by atoms with E-state index in [1.54, 1.807) is 12.5 Å². The summed E-state index contributed by atoms with van der Waals surface area (Å²) < 4.78 is 2.02. The second-order valence-corrected chi connectivity index (χ2v) is 8.44. The van der Waals surface area contributed by atoms with Crippen LogP contribution in [0.3, 0.4) is 0 Å². The Bertz CT molecular complexity index is 1170. The molecule has 1 aromatic carbocycles. The number of hydrogen-bond acceptors (Lipinski definition) is 7. The van der Waals surface area contributed by atoms with E-state index in [0.29, 0.717) is 17.3 Å². The fraction of sp³-hybridized carbons (Fsp3) is 0.333. The van der Waals surface area contributed by atoms with Crippen molar-refractivity contribution in [3.05, 3.63) is 55.1 Å². The zero-order valence-corrected chi connectivity index (χ0v) is 18.8. The van der Waals surface area contributed by atoms with Crippen LogP contribution in [0.25, 0.3) is 22.3 Å². The van der Waals surface area contributed by atoms with Crippen LogP contribution in [0.1, 0.15) is 33.7 Å². The van der Waals surface area contributed by atoms with Gasteiger partial charge in [0.2, 0.25) is 5.95 Å². The fourth-order valence-corrected chi connectivity index (χ4v) is 3.45. The molecule has 4 rings (SSSR count). The third kappa shape index (κ3) is 4.55. The van der Waals surface area contributed by atoms with Gasteiger partial charge < -0.3 is 20.3 Å². The van der Waals surface area contributed by atoms with E-state index >= 15 is 0 Å². The van der Waals surface area contributed by atoms with Gasteiger partial charge in [0.15, 0.2) is 17.0 Å². The number of imidazole rings is 1. The largest absolute Gasteiger partial charge is 0.394 e. The van der Waals surface area contributed by atoms with Crippen LogP contribution in [0.2, 0.25) is 0 Å². The van der Waals surface area contributed by atoms with Crippen molar-refractivity contribution in [1.29, 1.82) is 0 Å². The number of rotatable bonds is 8. The van der Waals surface area contributed by atoms with Crippen molar-refractivity contribution in [2.75, 3.05) is 17.2 Å². The summed E-state index contributed by atoms with van der Waals surface area (Å²) in [5.41, 5.74) is 4.49. The normalized spacial score (nSPS) is 12.5. The van der Waals surface area contributed by atoms with Gasteiger partial charge in [-0.3, -0.25) is 4.98 Å². The molecule has 32 heavy (non-hydrogen) atoms. The number of nitrogens with one attached hydrogen (secondary N) is 2. The van der Waals surface area contributed by atoms with Crippen molar-refractivity contribution in [1.82, 2.24) is 24.5 Å². The van der Waals surface area contributed by atoms with Gasteiger partial charge in [-0.1, -0.05) is 32.0 Å². The molecule has 0 aliphatic rings. The van der Waals surface area contributed by atoms with Crippen LogP contribution >= 0.6 is 0 Å². The lowest BCUT2D eigenvalue weighted by atomic mass is 10.1.